The minimum absolute atomic E-state index is 0.230. The highest BCUT2D eigenvalue weighted by molar-refractivity contribution is 9.10. The predicted molar refractivity (Wildman–Crippen MR) is 59.8 cm³/mol. The number of benzene rings is 1. The van der Waals surface area contributed by atoms with Crippen LogP contribution in [0.15, 0.2) is 27.7 Å². The fourth-order valence-corrected chi connectivity index (χ4v) is 1.36. The highest BCUT2D eigenvalue weighted by atomic mass is 79.9. The van der Waals surface area contributed by atoms with Crippen molar-refractivity contribution in [3.8, 4) is 6.19 Å². The van der Waals surface area contributed by atoms with Crippen LogP contribution in [0.4, 0.5) is 0 Å². The molecule has 0 bridgehead atoms. The van der Waals surface area contributed by atoms with E-state index in [1.165, 1.54) is 0 Å². The van der Waals surface area contributed by atoms with Crippen LogP contribution in [0.2, 0.25) is 0 Å². The van der Waals surface area contributed by atoms with E-state index < -0.39 is 0 Å². The molecule has 0 saturated heterocycles. The number of rotatable bonds is 1. The SMILES string of the molecule is N#CN=C(N)c1ccc(P)c(Br)c1. The summed E-state index contributed by atoms with van der Waals surface area (Å²) >= 11 is 3.35. The maximum absolute atomic E-state index is 8.29. The monoisotopic (exact) mass is 255 g/mol. The fraction of sp³-hybridized carbons (Fsp3) is 0. The van der Waals surface area contributed by atoms with Gasteiger partial charge in [-0.1, -0.05) is 28.1 Å². The Kier molecular flexibility index (Phi) is 3.41. The van der Waals surface area contributed by atoms with Crippen LogP contribution < -0.4 is 11.0 Å². The Hall–Kier alpha value is -0.910. The topological polar surface area (TPSA) is 62.2 Å². The first-order chi connectivity index (χ1) is 6.15. The molecule has 3 nitrogen and oxygen atoms in total. The first kappa shape index (κ1) is 10.2. The zero-order valence-corrected chi connectivity index (χ0v) is 9.40. The summed E-state index contributed by atoms with van der Waals surface area (Å²) < 4.78 is 0.922. The van der Waals surface area contributed by atoms with Crippen LogP contribution >= 0.6 is 25.2 Å². The standard InChI is InChI=1S/C8H7BrN3P/c9-6-3-5(1-2-7(6)13)8(11)12-4-10/h1-3H,13H2,(H2,11,12). The Labute approximate surface area is 87.0 Å². The molecule has 0 saturated carbocycles. The van der Waals surface area contributed by atoms with Gasteiger partial charge in [0.2, 0.25) is 6.19 Å². The van der Waals surface area contributed by atoms with Crippen molar-refractivity contribution < 1.29 is 0 Å². The second-order valence-electron chi connectivity index (χ2n) is 2.33. The summed E-state index contributed by atoms with van der Waals surface area (Å²) in [6.45, 7) is 0. The van der Waals surface area contributed by atoms with Crippen LogP contribution in [0.5, 0.6) is 0 Å². The summed E-state index contributed by atoms with van der Waals surface area (Å²) in [4.78, 5) is 3.44. The maximum Gasteiger partial charge on any atom is 0.207 e. The largest absolute Gasteiger partial charge is 0.383 e. The van der Waals surface area contributed by atoms with Gasteiger partial charge in [0, 0.05) is 10.0 Å². The van der Waals surface area contributed by atoms with Crippen molar-refractivity contribution in [2.45, 2.75) is 0 Å². The third-order valence-corrected chi connectivity index (χ3v) is 3.08. The Morgan fingerprint density at radius 1 is 1.62 bits per heavy atom. The van der Waals surface area contributed by atoms with E-state index in [0.29, 0.717) is 0 Å². The molecule has 66 valence electrons. The van der Waals surface area contributed by atoms with Crippen molar-refractivity contribution in [2.75, 3.05) is 0 Å². The predicted octanol–water partition coefficient (Wildman–Crippen LogP) is 1.14. The summed E-state index contributed by atoms with van der Waals surface area (Å²) in [7, 11) is 2.58. The van der Waals surface area contributed by atoms with Crippen LogP contribution in [0.3, 0.4) is 0 Å². The number of hydrogen-bond donors (Lipinski definition) is 1. The summed E-state index contributed by atoms with van der Waals surface area (Å²) in [6.07, 6.45) is 1.64. The van der Waals surface area contributed by atoms with Crippen molar-refractivity contribution in [1.82, 2.24) is 0 Å². The van der Waals surface area contributed by atoms with Crippen LogP contribution in [-0.2, 0) is 0 Å². The Morgan fingerprint density at radius 2 is 2.31 bits per heavy atom. The number of halogens is 1. The fourth-order valence-electron chi connectivity index (χ4n) is 0.805. The molecule has 0 aromatic heterocycles. The van der Waals surface area contributed by atoms with E-state index in [2.05, 4.69) is 30.2 Å². The molecule has 1 aromatic rings. The van der Waals surface area contributed by atoms with Crippen molar-refractivity contribution >= 4 is 36.3 Å². The van der Waals surface area contributed by atoms with Crippen LogP contribution in [0.1, 0.15) is 5.56 Å². The average Bonchev–Trinajstić information content (AvgIpc) is 2.10. The molecular weight excluding hydrogens is 249 g/mol. The first-order valence-corrected chi connectivity index (χ1v) is 4.80. The molecule has 0 aliphatic heterocycles. The van der Waals surface area contributed by atoms with E-state index in [1.54, 1.807) is 6.19 Å². The van der Waals surface area contributed by atoms with Gasteiger partial charge < -0.3 is 5.73 Å². The minimum Gasteiger partial charge on any atom is -0.383 e. The summed E-state index contributed by atoms with van der Waals surface area (Å²) in [5, 5.41) is 9.32. The zero-order chi connectivity index (χ0) is 9.84. The van der Waals surface area contributed by atoms with Gasteiger partial charge in [0.15, 0.2) is 0 Å². The normalized spacial score (nSPS) is 11.0. The highest BCUT2D eigenvalue weighted by Gasteiger charge is 2.00. The number of nitrogens with zero attached hydrogens (tertiary/aromatic N) is 2. The molecule has 5 heteroatoms. The third kappa shape index (κ3) is 2.51. The average molecular weight is 256 g/mol. The van der Waals surface area contributed by atoms with Gasteiger partial charge in [-0.15, -0.1) is 9.24 Å². The number of nitriles is 1. The highest BCUT2D eigenvalue weighted by Crippen LogP contribution is 2.12. The molecule has 0 fully saturated rings. The minimum atomic E-state index is 0.230. The summed E-state index contributed by atoms with van der Waals surface area (Å²) in [5.41, 5.74) is 6.26. The molecule has 0 spiro atoms. The van der Waals surface area contributed by atoms with Gasteiger partial charge in [-0.05, 0) is 11.4 Å². The molecule has 1 atom stereocenters. The molecule has 0 aliphatic rings. The quantitative estimate of drug-likeness (QED) is 0.354. The van der Waals surface area contributed by atoms with E-state index in [0.717, 1.165) is 15.3 Å². The lowest BCUT2D eigenvalue weighted by Gasteiger charge is -2.01. The van der Waals surface area contributed by atoms with Gasteiger partial charge in [0.25, 0.3) is 0 Å². The maximum atomic E-state index is 8.29. The number of hydrogen-bond acceptors (Lipinski definition) is 2. The van der Waals surface area contributed by atoms with Crippen LogP contribution in [0, 0.1) is 11.5 Å². The van der Waals surface area contributed by atoms with Gasteiger partial charge in [-0.25, -0.2) is 0 Å². The lowest BCUT2D eigenvalue weighted by Crippen LogP contribution is -2.13. The van der Waals surface area contributed by atoms with E-state index in [-0.39, 0.29) is 5.84 Å². The molecule has 1 aromatic carbocycles. The smallest absolute Gasteiger partial charge is 0.207 e. The lowest BCUT2D eigenvalue weighted by molar-refractivity contribution is 1.41. The van der Waals surface area contributed by atoms with Crippen LogP contribution in [-0.4, -0.2) is 5.84 Å². The van der Waals surface area contributed by atoms with Crippen LogP contribution in [0.25, 0.3) is 0 Å². The molecule has 0 aliphatic carbocycles. The molecule has 0 amide bonds. The second-order valence-corrected chi connectivity index (χ2v) is 3.81. The lowest BCUT2D eigenvalue weighted by atomic mass is 10.2. The van der Waals surface area contributed by atoms with Gasteiger partial charge in [0.05, 0.1) is 0 Å². The molecule has 1 unspecified atom stereocenters. The van der Waals surface area contributed by atoms with Crippen molar-refractivity contribution in [1.29, 1.82) is 5.26 Å². The van der Waals surface area contributed by atoms with E-state index in [9.17, 15) is 0 Å². The number of nitrogens with two attached hydrogens (primary N) is 1. The number of aliphatic imine (C=N–C) groups is 1. The molecular formula is C8H7BrN3P. The summed E-state index contributed by atoms with van der Waals surface area (Å²) in [6, 6.07) is 5.51. The van der Waals surface area contributed by atoms with Crippen molar-refractivity contribution in [2.24, 2.45) is 10.7 Å². The van der Waals surface area contributed by atoms with Crippen molar-refractivity contribution in [3.05, 3.63) is 28.2 Å². The van der Waals surface area contributed by atoms with E-state index in [1.807, 2.05) is 18.2 Å². The molecule has 13 heavy (non-hydrogen) atoms. The Morgan fingerprint density at radius 3 is 2.85 bits per heavy atom. The van der Waals surface area contributed by atoms with Gasteiger partial charge in [0.1, 0.15) is 5.84 Å². The molecule has 2 N–H and O–H groups in total. The second kappa shape index (κ2) is 4.36. The zero-order valence-electron chi connectivity index (χ0n) is 6.66. The van der Waals surface area contributed by atoms with Gasteiger partial charge in [-0.3, -0.25) is 0 Å². The third-order valence-electron chi connectivity index (χ3n) is 1.47. The van der Waals surface area contributed by atoms with Gasteiger partial charge >= 0.3 is 0 Å². The van der Waals surface area contributed by atoms with E-state index in [4.69, 9.17) is 11.0 Å². The Balaban J connectivity index is 3.13. The molecule has 0 heterocycles. The van der Waals surface area contributed by atoms with Gasteiger partial charge in [-0.2, -0.15) is 10.3 Å². The first-order valence-electron chi connectivity index (χ1n) is 3.43. The Bertz CT molecular complexity index is 395. The van der Waals surface area contributed by atoms with Crippen molar-refractivity contribution in [3.63, 3.8) is 0 Å². The van der Waals surface area contributed by atoms with E-state index >= 15 is 0 Å². The summed E-state index contributed by atoms with van der Waals surface area (Å²) in [5.74, 6) is 0.230. The molecule has 0 radical (unpaired) electrons. The molecule has 1 rings (SSSR count). The number of amidine groups is 1.